The third-order valence-electron chi connectivity index (χ3n) is 2.90. The van der Waals surface area contributed by atoms with E-state index in [4.69, 9.17) is 5.11 Å². The first-order chi connectivity index (χ1) is 8.20. The summed E-state index contributed by atoms with van der Waals surface area (Å²) in [5, 5.41) is 9.02. The van der Waals surface area contributed by atoms with E-state index < -0.39 is 0 Å². The molecule has 1 heterocycles. The van der Waals surface area contributed by atoms with Crippen molar-refractivity contribution in [2.75, 3.05) is 0 Å². The first kappa shape index (κ1) is 11.8. The molecule has 1 aromatic carbocycles. The van der Waals surface area contributed by atoms with Gasteiger partial charge >= 0.3 is 0 Å². The van der Waals surface area contributed by atoms with Crippen LogP contribution in [0.2, 0.25) is 0 Å². The lowest BCUT2D eigenvalue weighted by molar-refractivity contribution is -0.148. The summed E-state index contributed by atoms with van der Waals surface area (Å²) in [5.74, 6) is -0.202. The van der Waals surface area contributed by atoms with Crippen molar-refractivity contribution >= 4 is 11.8 Å². The van der Waals surface area contributed by atoms with Gasteiger partial charge in [0, 0.05) is 12.8 Å². The summed E-state index contributed by atoms with van der Waals surface area (Å²) in [4.78, 5) is 24.5. The van der Waals surface area contributed by atoms with Gasteiger partial charge in [-0.1, -0.05) is 24.3 Å². The molecule has 1 saturated heterocycles. The Morgan fingerprint density at radius 2 is 1.76 bits per heavy atom. The summed E-state index contributed by atoms with van der Waals surface area (Å²) in [5.41, 5.74) is 1.67. The Kier molecular flexibility index (Phi) is 3.54. The number of piperidine rings is 1. The van der Waals surface area contributed by atoms with E-state index in [1.165, 1.54) is 4.90 Å². The molecule has 0 atom stereocenters. The van der Waals surface area contributed by atoms with Gasteiger partial charge in [-0.2, -0.15) is 0 Å². The SMILES string of the molecule is O=C1CCCC(=O)N1Cc1cccc(CO)c1. The van der Waals surface area contributed by atoms with Gasteiger partial charge in [0.1, 0.15) is 0 Å². The maximum absolute atomic E-state index is 11.6. The Bertz CT molecular complexity index is 426. The van der Waals surface area contributed by atoms with Crippen molar-refractivity contribution in [3.05, 3.63) is 35.4 Å². The van der Waals surface area contributed by atoms with Gasteiger partial charge in [-0.3, -0.25) is 14.5 Å². The van der Waals surface area contributed by atoms with Crippen LogP contribution in [0.15, 0.2) is 24.3 Å². The van der Waals surface area contributed by atoms with E-state index in [1.54, 1.807) is 0 Å². The number of aliphatic hydroxyl groups is 1. The maximum atomic E-state index is 11.6. The summed E-state index contributed by atoms with van der Waals surface area (Å²) in [7, 11) is 0. The summed E-state index contributed by atoms with van der Waals surface area (Å²) in [6.45, 7) is 0.279. The van der Waals surface area contributed by atoms with Gasteiger partial charge in [0.25, 0.3) is 0 Å². The van der Waals surface area contributed by atoms with Crippen LogP contribution < -0.4 is 0 Å². The Hall–Kier alpha value is -1.68. The van der Waals surface area contributed by atoms with Gasteiger partial charge in [0.2, 0.25) is 11.8 Å². The molecule has 0 bridgehead atoms. The molecule has 0 aliphatic carbocycles. The molecule has 1 fully saturated rings. The average molecular weight is 233 g/mol. The molecule has 2 amide bonds. The van der Waals surface area contributed by atoms with Crippen LogP contribution in [0.25, 0.3) is 0 Å². The first-order valence-corrected chi connectivity index (χ1v) is 5.72. The van der Waals surface area contributed by atoms with E-state index in [0.717, 1.165) is 11.1 Å². The number of carbonyl (C=O) groups is 2. The Labute approximate surface area is 99.9 Å². The van der Waals surface area contributed by atoms with Crippen molar-refractivity contribution in [3.63, 3.8) is 0 Å². The Balaban J connectivity index is 2.13. The van der Waals surface area contributed by atoms with Crippen LogP contribution in [0.4, 0.5) is 0 Å². The van der Waals surface area contributed by atoms with Crippen LogP contribution >= 0.6 is 0 Å². The highest BCUT2D eigenvalue weighted by Crippen LogP contribution is 2.16. The normalized spacial score (nSPS) is 16.4. The molecule has 90 valence electrons. The molecule has 0 unspecified atom stereocenters. The predicted octanol–water partition coefficient (Wildman–Crippen LogP) is 1.22. The number of carbonyl (C=O) groups excluding carboxylic acids is 2. The second-order valence-electron chi connectivity index (χ2n) is 4.21. The fraction of sp³-hybridized carbons (Fsp3) is 0.385. The fourth-order valence-corrected chi connectivity index (χ4v) is 1.99. The number of aliphatic hydroxyl groups excluding tert-OH is 1. The van der Waals surface area contributed by atoms with Gasteiger partial charge in [0.15, 0.2) is 0 Å². The minimum absolute atomic E-state index is 0.0320. The number of nitrogens with zero attached hydrogens (tertiary/aromatic N) is 1. The Morgan fingerprint density at radius 1 is 1.12 bits per heavy atom. The lowest BCUT2D eigenvalue weighted by atomic mass is 10.1. The molecule has 1 aliphatic heterocycles. The molecule has 4 heteroatoms. The number of benzene rings is 1. The van der Waals surface area contributed by atoms with Crippen LogP contribution in [0.5, 0.6) is 0 Å². The van der Waals surface area contributed by atoms with Crippen molar-refractivity contribution < 1.29 is 14.7 Å². The summed E-state index contributed by atoms with van der Waals surface area (Å²) in [6.07, 6.45) is 1.56. The largest absolute Gasteiger partial charge is 0.392 e. The standard InChI is InChI=1S/C13H15NO3/c15-9-11-4-1-3-10(7-11)8-14-12(16)5-2-6-13(14)17/h1,3-4,7,15H,2,5-6,8-9H2. The van der Waals surface area contributed by atoms with Crippen molar-refractivity contribution in [1.29, 1.82) is 0 Å². The highest BCUT2D eigenvalue weighted by molar-refractivity contribution is 5.97. The molecular weight excluding hydrogens is 218 g/mol. The fourth-order valence-electron chi connectivity index (χ4n) is 1.99. The third-order valence-corrected chi connectivity index (χ3v) is 2.90. The topological polar surface area (TPSA) is 57.6 Å². The summed E-state index contributed by atoms with van der Waals surface area (Å²) < 4.78 is 0. The van der Waals surface area contributed by atoms with Crippen LogP contribution in [0, 0.1) is 0 Å². The smallest absolute Gasteiger partial charge is 0.229 e. The maximum Gasteiger partial charge on any atom is 0.229 e. The number of rotatable bonds is 3. The van der Waals surface area contributed by atoms with Crippen LogP contribution in [0.1, 0.15) is 30.4 Å². The van der Waals surface area contributed by atoms with E-state index in [-0.39, 0.29) is 18.4 Å². The molecule has 0 spiro atoms. The van der Waals surface area contributed by atoms with Gasteiger partial charge < -0.3 is 5.11 Å². The second kappa shape index (κ2) is 5.10. The Morgan fingerprint density at radius 3 is 2.41 bits per heavy atom. The minimum Gasteiger partial charge on any atom is -0.392 e. The predicted molar refractivity (Wildman–Crippen MR) is 61.8 cm³/mol. The number of imide groups is 1. The third kappa shape index (κ3) is 2.71. The van der Waals surface area contributed by atoms with E-state index in [1.807, 2.05) is 24.3 Å². The number of likely N-dealkylation sites (tertiary alicyclic amines) is 1. The molecule has 1 aromatic rings. The van der Waals surface area contributed by atoms with Crippen LogP contribution in [-0.2, 0) is 22.7 Å². The molecule has 0 radical (unpaired) electrons. The first-order valence-electron chi connectivity index (χ1n) is 5.72. The lowest BCUT2D eigenvalue weighted by Gasteiger charge is -2.24. The molecule has 0 aromatic heterocycles. The van der Waals surface area contributed by atoms with E-state index >= 15 is 0 Å². The number of hydrogen-bond donors (Lipinski definition) is 1. The van der Waals surface area contributed by atoms with Crippen molar-refractivity contribution in [2.45, 2.75) is 32.4 Å². The van der Waals surface area contributed by atoms with Gasteiger partial charge in [-0.15, -0.1) is 0 Å². The number of amides is 2. The molecule has 17 heavy (non-hydrogen) atoms. The van der Waals surface area contributed by atoms with Crippen LogP contribution in [0.3, 0.4) is 0 Å². The summed E-state index contributed by atoms with van der Waals surface area (Å²) in [6, 6.07) is 7.30. The molecular formula is C13H15NO3. The van der Waals surface area contributed by atoms with Crippen molar-refractivity contribution in [2.24, 2.45) is 0 Å². The number of hydrogen-bond acceptors (Lipinski definition) is 3. The van der Waals surface area contributed by atoms with E-state index in [2.05, 4.69) is 0 Å². The molecule has 4 nitrogen and oxygen atoms in total. The highest BCUT2D eigenvalue weighted by Gasteiger charge is 2.25. The van der Waals surface area contributed by atoms with E-state index in [0.29, 0.717) is 25.8 Å². The lowest BCUT2D eigenvalue weighted by Crippen LogP contribution is -2.39. The molecule has 1 N–H and O–H groups in total. The van der Waals surface area contributed by atoms with Crippen molar-refractivity contribution in [3.8, 4) is 0 Å². The molecule has 2 rings (SSSR count). The van der Waals surface area contributed by atoms with Gasteiger partial charge in [0.05, 0.1) is 13.2 Å². The van der Waals surface area contributed by atoms with Crippen molar-refractivity contribution in [1.82, 2.24) is 4.90 Å². The zero-order valence-electron chi connectivity index (χ0n) is 9.56. The zero-order valence-corrected chi connectivity index (χ0v) is 9.56. The van der Waals surface area contributed by atoms with Gasteiger partial charge in [-0.25, -0.2) is 0 Å². The molecule has 0 saturated carbocycles. The highest BCUT2D eigenvalue weighted by atomic mass is 16.3. The van der Waals surface area contributed by atoms with Gasteiger partial charge in [-0.05, 0) is 17.5 Å². The van der Waals surface area contributed by atoms with Crippen LogP contribution in [-0.4, -0.2) is 21.8 Å². The minimum atomic E-state index is -0.101. The second-order valence-corrected chi connectivity index (χ2v) is 4.21. The average Bonchev–Trinajstić information content (AvgIpc) is 2.34. The molecule has 1 aliphatic rings. The quantitative estimate of drug-likeness (QED) is 0.798. The zero-order chi connectivity index (χ0) is 12.3. The summed E-state index contributed by atoms with van der Waals surface area (Å²) >= 11 is 0. The van der Waals surface area contributed by atoms with E-state index in [9.17, 15) is 9.59 Å². The monoisotopic (exact) mass is 233 g/mol.